The van der Waals surface area contributed by atoms with Gasteiger partial charge in [-0.25, -0.2) is 12.8 Å². The molecule has 3 aliphatic heterocycles. The number of piperazine rings is 1. The second-order valence-corrected chi connectivity index (χ2v) is 10.2. The second-order valence-electron chi connectivity index (χ2n) is 8.28. The lowest BCUT2D eigenvalue weighted by Gasteiger charge is -2.38. The smallest absolute Gasteiger partial charge is 0.251 e. The quantitative estimate of drug-likeness (QED) is 0.681. The van der Waals surface area contributed by atoms with Gasteiger partial charge in [-0.2, -0.15) is 4.31 Å². The van der Waals surface area contributed by atoms with Gasteiger partial charge in [0.1, 0.15) is 11.9 Å². The molecule has 3 saturated heterocycles. The van der Waals surface area contributed by atoms with Gasteiger partial charge in [-0.05, 0) is 49.9 Å². The molecule has 1 aromatic rings. The van der Waals surface area contributed by atoms with E-state index in [1.807, 2.05) is 0 Å². The van der Waals surface area contributed by atoms with Gasteiger partial charge in [-0.15, -0.1) is 0 Å². The minimum absolute atomic E-state index is 0.0175. The highest BCUT2D eigenvalue weighted by atomic mass is 32.2. The third kappa shape index (κ3) is 4.75. The second kappa shape index (κ2) is 9.22. The number of halogens is 1. The molecule has 3 heterocycles. The zero-order valence-corrected chi connectivity index (χ0v) is 18.2. The predicted molar refractivity (Wildman–Crippen MR) is 110 cm³/mol. The van der Waals surface area contributed by atoms with Gasteiger partial charge in [0.05, 0.1) is 4.90 Å². The molecular weight excluding hydrogens is 425 g/mol. The van der Waals surface area contributed by atoms with Crippen LogP contribution in [0.2, 0.25) is 0 Å². The van der Waals surface area contributed by atoms with Crippen LogP contribution in [0.5, 0.6) is 0 Å². The summed E-state index contributed by atoms with van der Waals surface area (Å²) in [6.07, 6.45) is 2.24. The predicted octanol–water partition coefficient (Wildman–Crippen LogP) is 1.08. The Bertz CT molecular complexity index is 901. The molecule has 3 fully saturated rings. The summed E-state index contributed by atoms with van der Waals surface area (Å²) in [5, 5.41) is 0. The normalized spacial score (nSPS) is 23.8. The molecule has 0 spiro atoms. The molecule has 10 heteroatoms. The minimum atomic E-state index is -3.69. The van der Waals surface area contributed by atoms with E-state index in [9.17, 15) is 22.4 Å². The van der Waals surface area contributed by atoms with Crippen molar-refractivity contribution < 1.29 is 27.1 Å². The molecule has 0 radical (unpaired) electrons. The number of nitrogens with zero attached hydrogens (tertiary/aromatic N) is 3. The van der Waals surface area contributed by atoms with Crippen LogP contribution in [0, 0.1) is 11.7 Å². The van der Waals surface area contributed by atoms with Crippen molar-refractivity contribution >= 4 is 21.8 Å². The Labute approximate surface area is 182 Å². The van der Waals surface area contributed by atoms with Crippen molar-refractivity contribution in [1.29, 1.82) is 0 Å². The van der Waals surface area contributed by atoms with E-state index in [-0.39, 0.29) is 41.8 Å². The molecule has 3 aliphatic rings. The first kappa shape index (κ1) is 22.2. The summed E-state index contributed by atoms with van der Waals surface area (Å²) in [6.45, 7) is 3.13. The summed E-state index contributed by atoms with van der Waals surface area (Å²) in [5.74, 6) is -0.659. The Hall–Kier alpha value is -2.04. The van der Waals surface area contributed by atoms with E-state index in [4.69, 9.17) is 4.74 Å². The average molecular weight is 454 g/mol. The van der Waals surface area contributed by atoms with Gasteiger partial charge in [0, 0.05) is 51.8 Å². The fraction of sp³-hybridized carbons (Fsp3) is 0.619. The Morgan fingerprint density at radius 1 is 0.871 bits per heavy atom. The average Bonchev–Trinajstić information content (AvgIpc) is 3.34. The van der Waals surface area contributed by atoms with E-state index in [2.05, 4.69) is 0 Å². The third-order valence-corrected chi connectivity index (χ3v) is 8.28. The van der Waals surface area contributed by atoms with Crippen LogP contribution in [0.25, 0.3) is 0 Å². The summed E-state index contributed by atoms with van der Waals surface area (Å²) in [5.41, 5.74) is 0. The van der Waals surface area contributed by atoms with Gasteiger partial charge < -0.3 is 14.5 Å². The molecule has 31 heavy (non-hydrogen) atoms. The number of ether oxygens (including phenoxy) is 1. The van der Waals surface area contributed by atoms with E-state index in [0.717, 1.165) is 25.0 Å². The summed E-state index contributed by atoms with van der Waals surface area (Å²) in [7, 11) is -3.69. The number of carbonyl (C=O) groups is 2. The molecule has 4 rings (SSSR count). The molecular formula is C21H28FN3O5S. The van der Waals surface area contributed by atoms with Crippen LogP contribution in [0.1, 0.15) is 25.7 Å². The number of amides is 2. The van der Waals surface area contributed by atoms with Crippen molar-refractivity contribution in [2.45, 2.75) is 36.7 Å². The monoisotopic (exact) mass is 453 g/mol. The Kier molecular flexibility index (Phi) is 6.59. The third-order valence-electron chi connectivity index (χ3n) is 6.36. The lowest BCUT2D eigenvalue weighted by Crippen LogP contribution is -2.54. The number of hydrogen-bond donors (Lipinski definition) is 0. The van der Waals surface area contributed by atoms with Crippen LogP contribution in [0.4, 0.5) is 4.39 Å². The lowest BCUT2D eigenvalue weighted by atomic mass is 9.96. The number of sulfonamides is 1. The molecule has 0 aliphatic carbocycles. The van der Waals surface area contributed by atoms with Crippen molar-refractivity contribution in [3.05, 3.63) is 30.1 Å². The highest BCUT2D eigenvalue weighted by Gasteiger charge is 2.36. The summed E-state index contributed by atoms with van der Waals surface area (Å²) >= 11 is 0. The van der Waals surface area contributed by atoms with E-state index in [1.54, 1.807) is 9.80 Å². The van der Waals surface area contributed by atoms with Crippen molar-refractivity contribution in [2.75, 3.05) is 45.9 Å². The van der Waals surface area contributed by atoms with E-state index >= 15 is 0 Å². The highest BCUT2D eigenvalue weighted by molar-refractivity contribution is 7.89. The van der Waals surface area contributed by atoms with Gasteiger partial charge >= 0.3 is 0 Å². The topological polar surface area (TPSA) is 87.2 Å². The van der Waals surface area contributed by atoms with Crippen LogP contribution in [-0.4, -0.2) is 86.3 Å². The first-order valence-electron chi connectivity index (χ1n) is 10.8. The molecule has 1 aromatic carbocycles. The number of carbonyl (C=O) groups excluding carboxylic acids is 2. The highest BCUT2D eigenvalue weighted by Crippen LogP contribution is 2.26. The SMILES string of the molecule is O=C(C1CCN(S(=O)(=O)c2ccc(F)cc2)CC1)N1CCN(C(=O)C2CCCO2)CC1. The van der Waals surface area contributed by atoms with Crippen molar-refractivity contribution in [1.82, 2.24) is 14.1 Å². The van der Waals surface area contributed by atoms with Crippen LogP contribution in [0.3, 0.4) is 0 Å². The van der Waals surface area contributed by atoms with Crippen molar-refractivity contribution in [2.24, 2.45) is 5.92 Å². The van der Waals surface area contributed by atoms with E-state index in [0.29, 0.717) is 45.6 Å². The minimum Gasteiger partial charge on any atom is -0.368 e. The maximum absolute atomic E-state index is 13.1. The van der Waals surface area contributed by atoms with E-state index < -0.39 is 15.8 Å². The molecule has 0 N–H and O–H groups in total. The van der Waals surface area contributed by atoms with E-state index in [1.165, 1.54) is 16.4 Å². The number of benzene rings is 1. The fourth-order valence-electron chi connectivity index (χ4n) is 4.48. The maximum Gasteiger partial charge on any atom is 0.251 e. The molecule has 0 saturated carbocycles. The van der Waals surface area contributed by atoms with Gasteiger partial charge in [-0.1, -0.05) is 0 Å². The zero-order valence-electron chi connectivity index (χ0n) is 17.4. The maximum atomic E-state index is 13.1. The lowest BCUT2D eigenvalue weighted by molar-refractivity contribution is -0.147. The first-order chi connectivity index (χ1) is 14.9. The fourth-order valence-corrected chi connectivity index (χ4v) is 5.95. The number of hydrogen-bond acceptors (Lipinski definition) is 5. The van der Waals surface area contributed by atoms with Crippen LogP contribution in [0.15, 0.2) is 29.2 Å². The standard InChI is InChI=1S/C21H28FN3O5S/c22-17-3-5-18(6-4-17)31(28,29)25-9-7-16(8-10-25)20(26)23-11-13-24(14-12-23)21(27)19-2-1-15-30-19/h3-6,16,19H,1-2,7-15H2. The van der Waals surface area contributed by atoms with Crippen LogP contribution in [-0.2, 0) is 24.3 Å². The molecule has 0 aromatic heterocycles. The molecule has 1 unspecified atom stereocenters. The molecule has 8 nitrogen and oxygen atoms in total. The molecule has 0 bridgehead atoms. The number of piperidine rings is 1. The summed E-state index contributed by atoms with van der Waals surface area (Å²) < 4.78 is 45.4. The Balaban J connectivity index is 1.28. The first-order valence-corrected chi connectivity index (χ1v) is 12.2. The zero-order chi connectivity index (χ0) is 22.0. The molecule has 170 valence electrons. The van der Waals surface area contributed by atoms with Gasteiger partial charge in [-0.3, -0.25) is 9.59 Å². The summed E-state index contributed by atoms with van der Waals surface area (Å²) in [6, 6.07) is 4.79. The Morgan fingerprint density at radius 3 is 2.00 bits per heavy atom. The van der Waals surface area contributed by atoms with Crippen LogP contribution < -0.4 is 0 Å². The van der Waals surface area contributed by atoms with Crippen molar-refractivity contribution in [3.63, 3.8) is 0 Å². The van der Waals surface area contributed by atoms with Crippen LogP contribution >= 0.6 is 0 Å². The largest absolute Gasteiger partial charge is 0.368 e. The van der Waals surface area contributed by atoms with Gasteiger partial charge in [0.25, 0.3) is 5.91 Å². The number of rotatable bonds is 4. The summed E-state index contributed by atoms with van der Waals surface area (Å²) in [4.78, 5) is 29.0. The Morgan fingerprint density at radius 2 is 1.45 bits per heavy atom. The molecule has 2 amide bonds. The van der Waals surface area contributed by atoms with Gasteiger partial charge in [0.2, 0.25) is 15.9 Å². The molecule has 1 atom stereocenters. The van der Waals surface area contributed by atoms with Gasteiger partial charge in [0.15, 0.2) is 0 Å². The van der Waals surface area contributed by atoms with Crippen molar-refractivity contribution in [3.8, 4) is 0 Å².